The highest BCUT2D eigenvalue weighted by Crippen LogP contribution is 2.38. The number of nitriles is 1. The van der Waals surface area contributed by atoms with Gasteiger partial charge in [-0.3, -0.25) is 0 Å². The Hall–Kier alpha value is -2.03. The van der Waals surface area contributed by atoms with E-state index in [1.54, 1.807) is 0 Å². The van der Waals surface area contributed by atoms with Gasteiger partial charge in [-0.25, -0.2) is 9.97 Å². The van der Waals surface area contributed by atoms with Crippen LogP contribution < -0.4 is 5.73 Å². The van der Waals surface area contributed by atoms with Crippen molar-refractivity contribution >= 4 is 25.2 Å². The van der Waals surface area contributed by atoms with Gasteiger partial charge in [0.25, 0.3) is 0 Å². The van der Waals surface area contributed by atoms with Crippen molar-refractivity contribution in [3.05, 3.63) is 18.1 Å². The van der Waals surface area contributed by atoms with Gasteiger partial charge in [0.2, 0.25) is 0 Å². The minimum Gasteiger partial charge on any atom is -0.414 e. The van der Waals surface area contributed by atoms with E-state index in [1.165, 1.54) is 17.1 Å². The molecular formula is C18H27N5O4Si. The third-order valence-corrected chi connectivity index (χ3v) is 10.3. The molecule has 0 aromatic carbocycles. The third kappa shape index (κ3) is 3.40. The number of aliphatic hydroxyl groups is 2. The predicted octanol–water partition coefficient (Wildman–Crippen LogP) is 1.53. The van der Waals surface area contributed by atoms with Gasteiger partial charge in [0.05, 0.1) is 17.6 Å². The van der Waals surface area contributed by atoms with Gasteiger partial charge in [-0.2, -0.15) is 5.26 Å². The molecule has 1 saturated heterocycles. The maximum atomic E-state index is 10.6. The summed E-state index contributed by atoms with van der Waals surface area (Å²) in [5.74, 6) is 0.172. The molecule has 9 nitrogen and oxygen atoms in total. The number of fused-ring (bicyclic) bond motifs is 1. The zero-order valence-electron chi connectivity index (χ0n) is 16.7. The van der Waals surface area contributed by atoms with E-state index in [2.05, 4.69) is 49.9 Å². The number of nitrogens with two attached hydrogens (primary N) is 1. The fourth-order valence-corrected chi connectivity index (χ4v) is 4.00. The number of anilines is 1. The summed E-state index contributed by atoms with van der Waals surface area (Å²) in [6, 6.07) is 2.05. The maximum absolute atomic E-state index is 10.6. The number of ether oxygens (including phenoxy) is 1. The lowest BCUT2D eigenvalue weighted by molar-refractivity contribution is -0.0488. The monoisotopic (exact) mass is 405 g/mol. The zero-order chi connectivity index (χ0) is 20.9. The van der Waals surface area contributed by atoms with Crippen molar-refractivity contribution in [1.29, 1.82) is 5.26 Å². The molecule has 28 heavy (non-hydrogen) atoms. The van der Waals surface area contributed by atoms with Crippen molar-refractivity contribution in [3.8, 4) is 6.07 Å². The van der Waals surface area contributed by atoms with Gasteiger partial charge in [-0.15, -0.1) is 0 Å². The van der Waals surface area contributed by atoms with Crippen LogP contribution in [-0.2, 0) is 9.16 Å². The summed E-state index contributed by atoms with van der Waals surface area (Å²) in [5, 5.41) is 30.9. The van der Waals surface area contributed by atoms with E-state index < -0.39 is 32.9 Å². The molecule has 1 fully saturated rings. The molecule has 0 radical (unpaired) electrons. The van der Waals surface area contributed by atoms with Crippen LogP contribution in [0.4, 0.5) is 5.82 Å². The summed E-state index contributed by atoms with van der Waals surface area (Å²) in [6.45, 7) is 10.8. The quantitative estimate of drug-likeness (QED) is 0.651. The van der Waals surface area contributed by atoms with E-state index >= 15 is 0 Å². The molecular weight excluding hydrogens is 378 g/mol. The molecule has 1 aliphatic rings. The van der Waals surface area contributed by atoms with E-state index in [0.717, 1.165) is 0 Å². The highest BCUT2D eigenvalue weighted by Gasteiger charge is 2.46. The smallest absolute Gasteiger partial charge is 0.192 e. The lowest BCUT2D eigenvalue weighted by Gasteiger charge is -2.37. The Kier molecular flexibility index (Phi) is 5.24. The average molecular weight is 406 g/mol. The van der Waals surface area contributed by atoms with E-state index in [1.807, 2.05) is 0 Å². The Bertz CT molecular complexity index is 917. The van der Waals surface area contributed by atoms with Crippen LogP contribution in [-0.4, -0.2) is 58.0 Å². The molecule has 152 valence electrons. The second-order valence-corrected chi connectivity index (χ2v) is 13.4. The van der Waals surface area contributed by atoms with Crippen LogP contribution in [0.15, 0.2) is 12.5 Å². The van der Waals surface area contributed by atoms with E-state index in [-0.39, 0.29) is 23.0 Å². The zero-order valence-corrected chi connectivity index (χ0v) is 17.7. The largest absolute Gasteiger partial charge is 0.414 e. The highest BCUT2D eigenvalue weighted by atomic mass is 28.4. The first-order chi connectivity index (χ1) is 13.0. The molecule has 0 unspecified atom stereocenters. The number of aliphatic hydroxyl groups excluding tert-OH is 2. The summed E-state index contributed by atoms with van der Waals surface area (Å²) in [7, 11) is -2.04. The van der Waals surface area contributed by atoms with Gasteiger partial charge in [0, 0.05) is 6.20 Å². The lowest BCUT2D eigenvalue weighted by Crippen LogP contribution is -2.44. The van der Waals surface area contributed by atoms with Gasteiger partial charge < -0.3 is 29.7 Å². The molecule has 4 N–H and O–H groups in total. The molecule has 1 aliphatic heterocycles. The summed E-state index contributed by atoms with van der Waals surface area (Å²) >= 11 is 0. The van der Waals surface area contributed by atoms with Crippen LogP contribution in [0.5, 0.6) is 0 Å². The van der Waals surface area contributed by atoms with Crippen LogP contribution in [0.3, 0.4) is 0 Å². The van der Waals surface area contributed by atoms with Gasteiger partial charge in [0.15, 0.2) is 14.5 Å². The van der Waals surface area contributed by atoms with Gasteiger partial charge in [0.1, 0.15) is 42.2 Å². The van der Waals surface area contributed by atoms with Crippen molar-refractivity contribution in [2.24, 2.45) is 0 Å². The number of aromatic nitrogens is 3. The second kappa shape index (κ2) is 7.09. The number of hydrogen-bond donors (Lipinski definition) is 3. The first kappa shape index (κ1) is 20.7. The van der Waals surface area contributed by atoms with Gasteiger partial charge in [-0.05, 0) is 18.1 Å². The molecule has 0 spiro atoms. The van der Waals surface area contributed by atoms with Crippen LogP contribution in [0, 0.1) is 11.3 Å². The molecule has 0 aliphatic carbocycles. The molecule has 2 aromatic heterocycles. The normalized spacial score (nSPS) is 25.9. The first-order valence-electron chi connectivity index (χ1n) is 9.14. The molecule has 3 heterocycles. The lowest BCUT2D eigenvalue weighted by atomic mass is 10.1. The van der Waals surface area contributed by atoms with Crippen molar-refractivity contribution in [2.45, 2.75) is 63.4 Å². The van der Waals surface area contributed by atoms with Crippen molar-refractivity contribution in [2.75, 3.05) is 12.3 Å². The Balaban J connectivity index is 1.87. The van der Waals surface area contributed by atoms with Crippen LogP contribution >= 0.6 is 0 Å². The fourth-order valence-electron chi connectivity index (χ4n) is 2.99. The predicted molar refractivity (Wildman–Crippen MR) is 106 cm³/mol. The van der Waals surface area contributed by atoms with E-state index in [0.29, 0.717) is 11.0 Å². The van der Waals surface area contributed by atoms with Gasteiger partial charge >= 0.3 is 0 Å². The number of rotatable bonds is 4. The Labute approximate surface area is 164 Å². The minimum atomic E-state index is -2.04. The molecule has 0 bridgehead atoms. The molecule has 4 atom stereocenters. The standard InChI is InChI=1S/C18H27N5O4Si/c1-18(2,3)28(4,5)26-8-11-13(24)14(25)17(27-11)23-7-10(6-19)12-15(20)21-9-22-16(12)23/h7,9,11,13-14,17,24-25H,8H2,1-5H3,(H2,20,21,22)/t11-,13-,14-,17-/m1/s1. The van der Waals surface area contributed by atoms with Gasteiger partial charge in [-0.1, -0.05) is 20.8 Å². The SMILES string of the molecule is CC(C)(C)[Si](C)(C)OC[C@H]1O[C@@H](n2cc(C#N)c3c(N)ncnc32)[C@H](O)[C@@H]1O. The Morgan fingerprint density at radius 1 is 1.32 bits per heavy atom. The number of hydrogen-bond acceptors (Lipinski definition) is 8. The molecule has 0 amide bonds. The van der Waals surface area contributed by atoms with Crippen molar-refractivity contribution in [1.82, 2.24) is 14.5 Å². The Morgan fingerprint density at radius 2 is 2.00 bits per heavy atom. The number of nitrogens with zero attached hydrogens (tertiary/aromatic N) is 4. The molecule has 0 saturated carbocycles. The molecule has 3 rings (SSSR count). The maximum Gasteiger partial charge on any atom is 0.192 e. The summed E-state index contributed by atoms with van der Waals surface area (Å²) in [6.07, 6.45) is -1.15. The first-order valence-corrected chi connectivity index (χ1v) is 12.1. The second-order valence-electron chi connectivity index (χ2n) is 8.64. The third-order valence-electron chi connectivity index (χ3n) is 5.79. The van der Waals surface area contributed by atoms with Crippen molar-refractivity contribution < 1.29 is 19.4 Å². The summed E-state index contributed by atoms with van der Waals surface area (Å²) in [5.41, 5.74) is 6.53. The molecule has 2 aromatic rings. The van der Waals surface area contributed by atoms with Crippen LogP contribution in [0.25, 0.3) is 11.0 Å². The van der Waals surface area contributed by atoms with Crippen molar-refractivity contribution in [3.63, 3.8) is 0 Å². The summed E-state index contributed by atoms with van der Waals surface area (Å²) in [4.78, 5) is 8.10. The summed E-state index contributed by atoms with van der Waals surface area (Å²) < 4.78 is 13.6. The number of nitrogen functional groups attached to an aromatic ring is 1. The van der Waals surface area contributed by atoms with Crippen LogP contribution in [0.2, 0.25) is 18.1 Å². The topological polar surface area (TPSA) is 139 Å². The van der Waals surface area contributed by atoms with E-state index in [9.17, 15) is 15.5 Å². The highest BCUT2D eigenvalue weighted by molar-refractivity contribution is 6.74. The Morgan fingerprint density at radius 3 is 2.61 bits per heavy atom. The van der Waals surface area contributed by atoms with E-state index in [4.69, 9.17) is 14.9 Å². The minimum absolute atomic E-state index is 0.0152. The fraction of sp³-hybridized carbons (Fsp3) is 0.611. The van der Waals surface area contributed by atoms with Crippen LogP contribution in [0.1, 0.15) is 32.6 Å². The molecule has 10 heteroatoms. The average Bonchev–Trinajstić information content (AvgIpc) is 3.12.